The molecule has 21 heavy (non-hydrogen) atoms. The fraction of sp³-hybridized carbons (Fsp3) is 0.733. The van der Waals surface area contributed by atoms with E-state index in [0.717, 1.165) is 32.1 Å². The lowest BCUT2D eigenvalue weighted by Crippen LogP contribution is -2.49. The Labute approximate surface area is 131 Å². The number of fused-ring (bicyclic) bond motifs is 1. The summed E-state index contributed by atoms with van der Waals surface area (Å²) in [5.74, 6) is 1.69. The molecule has 1 saturated carbocycles. The monoisotopic (exact) mass is 331 g/mol. The number of hydrogen-bond donors (Lipinski definition) is 0. The van der Waals surface area contributed by atoms with Crippen molar-refractivity contribution in [1.82, 2.24) is 4.31 Å². The molecule has 6 heteroatoms. The van der Waals surface area contributed by atoms with Gasteiger partial charge in [0.2, 0.25) is 10.0 Å². The summed E-state index contributed by atoms with van der Waals surface area (Å²) in [4.78, 5) is 0.296. The molecule has 1 aliphatic heterocycles. The first-order valence-corrected chi connectivity index (χ1v) is 9.68. The van der Waals surface area contributed by atoms with Crippen molar-refractivity contribution in [2.45, 2.75) is 62.3 Å². The Bertz CT molecular complexity index is 608. The molecule has 0 bridgehead atoms. The van der Waals surface area contributed by atoms with E-state index in [9.17, 15) is 8.42 Å². The summed E-state index contributed by atoms with van der Waals surface area (Å²) in [6, 6.07) is 1.76. The predicted molar refractivity (Wildman–Crippen MR) is 81.9 cm³/mol. The summed E-state index contributed by atoms with van der Waals surface area (Å²) >= 11 is 5.76. The van der Waals surface area contributed by atoms with Gasteiger partial charge in [-0.1, -0.05) is 12.8 Å². The molecule has 1 aromatic heterocycles. The van der Waals surface area contributed by atoms with Crippen molar-refractivity contribution in [2.75, 3.05) is 6.54 Å². The lowest BCUT2D eigenvalue weighted by molar-refractivity contribution is 0.129. The van der Waals surface area contributed by atoms with Gasteiger partial charge in [-0.25, -0.2) is 8.42 Å². The van der Waals surface area contributed by atoms with Crippen LogP contribution in [0.15, 0.2) is 15.4 Å². The molecule has 2 fully saturated rings. The van der Waals surface area contributed by atoms with Crippen molar-refractivity contribution in [3.05, 3.63) is 17.6 Å². The molecule has 0 unspecified atom stereocenters. The number of halogens is 1. The second kappa shape index (κ2) is 5.94. The highest BCUT2D eigenvalue weighted by atomic mass is 35.5. The van der Waals surface area contributed by atoms with Gasteiger partial charge in [-0.05, 0) is 38.5 Å². The van der Waals surface area contributed by atoms with E-state index in [4.69, 9.17) is 16.0 Å². The largest absolute Gasteiger partial charge is 0.464 e. The third-order valence-corrected chi connectivity index (χ3v) is 7.13. The minimum atomic E-state index is -3.47. The van der Waals surface area contributed by atoms with E-state index in [1.165, 1.54) is 6.42 Å². The fourth-order valence-electron chi connectivity index (χ4n) is 3.85. The maximum atomic E-state index is 13.0. The first-order valence-electron chi connectivity index (χ1n) is 7.71. The summed E-state index contributed by atoms with van der Waals surface area (Å²) < 4.78 is 33.2. The van der Waals surface area contributed by atoms with Crippen LogP contribution >= 0.6 is 11.6 Å². The minimum Gasteiger partial charge on any atom is -0.464 e. The molecule has 1 aromatic rings. The highest BCUT2D eigenvalue weighted by molar-refractivity contribution is 7.89. The number of hydrogen-bond acceptors (Lipinski definition) is 3. The smallest absolute Gasteiger partial charge is 0.246 e. The molecule has 3 rings (SSSR count). The van der Waals surface area contributed by atoms with Crippen LogP contribution in [0.4, 0.5) is 0 Å². The maximum Gasteiger partial charge on any atom is 0.246 e. The van der Waals surface area contributed by atoms with Crippen LogP contribution in [0.2, 0.25) is 0 Å². The molecule has 0 amide bonds. The summed E-state index contributed by atoms with van der Waals surface area (Å²) in [7, 11) is -3.47. The van der Waals surface area contributed by atoms with Crippen LogP contribution < -0.4 is 0 Å². The molecule has 2 heterocycles. The van der Waals surface area contributed by atoms with Gasteiger partial charge in [-0.15, -0.1) is 11.6 Å². The van der Waals surface area contributed by atoms with Gasteiger partial charge < -0.3 is 4.42 Å². The van der Waals surface area contributed by atoms with Crippen molar-refractivity contribution in [1.29, 1.82) is 0 Å². The molecule has 118 valence electrons. The van der Waals surface area contributed by atoms with Gasteiger partial charge in [0.15, 0.2) is 0 Å². The second-order valence-electron chi connectivity index (χ2n) is 6.14. The van der Waals surface area contributed by atoms with Gasteiger partial charge in [0.1, 0.15) is 16.4 Å². The fourth-order valence-corrected chi connectivity index (χ4v) is 5.92. The molecule has 2 atom stereocenters. The number of rotatable bonds is 3. The molecule has 1 aliphatic carbocycles. The van der Waals surface area contributed by atoms with Crippen molar-refractivity contribution < 1.29 is 12.8 Å². The van der Waals surface area contributed by atoms with E-state index < -0.39 is 10.0 Å². The highest BCUT2D eigenvalue weighted by Crippen LogP contribution is 2.38. The molecule has 0 radical (unpaired) electrons. The van der Waals surface area contributed by atoms with Gasteiger partial charge >= 0.3 is 0 Å². The SMILES string of the molecule is Cc1oc(CCl)cc1S(=O)(=O)N1CCC[C@H]2CCCC[C@H]21. The zero-order valence-electron chi connectivity index (χ0n) is 12.3. The average Bonchev–Trinajstić information content (AvgIpc) is 2.88. The number of aryl methyl sites for hydroxylation is 1. The van der Waals surface area contributed by atoms with E-state index in [0.29, 0.717) is 28.9 Å². The first kappa shape index (κ1) is 15.4. The zero-order valence-corrected chi connectivity index (χ0v) is 13.9. The Kier molecular flexibility index (Phi) is 4.35. The lowest BCUT2D eigenvalue weighted by Gasteiger charge is -2.43. The van der Waals surface area contributed by atoms with Crippen LogP contribution in [0.25, 0.3) is 0 Å². The summed E-state index contributed by atoms with van der Waals surface area (Å²) in [5, 5.41) is 0. The standard InChI is InChI=1S/C15H22ClNO3S/c1-11-15(9-13(10-16)20-11)21(18,19)17-8-4-6-12-5-2-3-7-14(12)17/h9,12,14H,2-8,10H2,1H3/t12-,14-/m1/s1. The lowest BCUT2D eigenvalue weighted by atomic mass is 9.79. The topological polar surface area (TPSA) is 50.5 Å². The highest BCUT2D eigenvalue weighted by Gasteiger charge is 2.41. The van der Waals surface area contributed by atoms with Crippen LogP contribution in [0, 0.1) is 12.8 Å². The molecule has 0 N–H and O–H groups in total. The first-order chi connectivity index (χ1) is 10.0. The molecule has 4 nitrogen and oxygen atoms in total. The molecular weight excluding hydrogens is 310 g/mol. The van der Waals surface area contributed by atoms with Crippen molar-refractivity contribution in [3.8, 4) is 0 Å². The Hall–Kier alpha value is -0.520. The number of piperidine rings is 1. The van der Waals surface area contributed by atoms with Gasteiger partial charge in [-0.2, -0.15) is 4.31 Å². The number of sulfonamides is 1. The quantitative estimate of drug-likeness (QED) is 0.794. The number of furan rings is 1. The third kappa shape index (κ3) is 2.76. The van der Waals surface area contributed by atoms with Gasteiger partial charge in [0, 0.05) is 18.7 Å². The van der Waals surface area contributed by atoms with Gasteiger partial charge in [0.05, 0.1) is 5.88 Å². The Morgan fingerprint density at radius 3 is 2.71 bits per heavy atom. The number of nitrogens with zero attached hydrogens (tertiary/aromatic N) is 1. The normalized spacial score (nSPS) is 27.5. The predicted octanol–water partition coefficient (Wildman–Crippen LogP) is 3.67. The Balaban J connectivity index is 1.94. The van der Waals surface area contributed by atoms with E-state index >= 15 is 0 Å². The van der Waals surface area contributed by atoms with Crippen LogP contribution in [0.3, 0.4) is 0 Å². The summed E-state index contributed by atoms with van der Waals surface area (Å²) in [5.41, 5.74) is 0. The van der Waals surface area contributed by atoms with Crippen LogP contribution in [-0.4, -0.2) is 25.3 Å². The van der Waals surface area contributed by atoms with Crippen molar-refractivity contribution >= 4 is 21.6 Å². The Morgan fingerprint density at radius 2 is 2.00 bits per heavy atom. The number of alkyl halides is 1. The molecule has 2 aliphatic rings. The summed E-state index contributed by atoms with van der Waals surface area (Å²) in [6.07, 6.45) is 6.63. The Morgan fingerprint density at radius 1 is 1.29 bits per heavy atom. The second-order valence-corrected chi connectivity index (χ2v) is 8.26. The van der Waals surface area contributed by atoms with Crippen molar-refractivity contribution in [3.63, 3.8) is 0 Å². The van der Waals surface area contributed by atoms with E-state index in [-0.39, 0.29) is 11.9 Å². The van der Waals surface area contributed by atoms with Gasteiger partial charge in [0.25, 0.3) is 0 Å². The van der Waals surface area contributed by atoms with Crippen LogP contribution in [0.1, 0.15) is 50.0 Å². The third-order valence-electron chi connectivity index (χ3n) is 4.83. The minimum absolute atomic E-state index is 0.172. The van der Waals surface area contributed by atoms with Crippen molar-refractivity contribution in [2.24, 2.45) is 5.92 Å². The van der Waals surface area contributed by atoms with Crippen LogP contribution in [0.5, 0.6) is 0 Å². The average molecular weight is 332 g/mol. The molecule has 0 aromatic carbocycles. The van der Waals surface area contributed by atoms with E-state index in [2.05, 4.69) is 0 Å². The molecule has 0 spiro atoms. The van der Waals surface area contributed by atoms with Gasteiger partial charge in [-0.3, -0.25) is 0 Å². The summed E-state index contributed by atoms with van der Waals surface area (Å²) in [6.45, 7) is 2.33. The molecule has 1 saturated heterocycles. The van der Waals surface area contributed by atoms with E-state index in [1.807, 2.05) is 0 Å². The van der Waals surface area contributed by atoms with Crippen LogP contribution in [-0.2, 0) is 15.9 Å². The molecular formula is C15H22ClNO3S. The van der Waals surface area contributed by atoms with E-state index in [1.54, 1.807) is 17.3 Å². The zero-order chi connectivity index (χ0) is 15.0. The maximum absolute atomic E-state index is 13.0.